The molecular formula is C14H19N3O3S. The van der Waals surface area contributed by atoms with E-state index in [1.165, 1.54) is 17.7 Å². The van der Waals surface area contributed by atoms with Crippen LogP contribution in [0.15, 0.2) is 53.4 Å². The third-order valence-electron chi connectivity index (χ3n) is 2.61. The van der Waals surface area contributed by atoms with Gasteiger partial charge in [-0.1, -0.05) is 30.3 Å². The van der Waals surface area contributed by atoms with Crippen LogP contribution in [-0.2, 0) is 16.5 Å². The molecule has 0 aliphatic carbocycles. The maximum absolute atomic E-state index is 10.5. The largest absolute Gasteiger partial charge is 0.744 e. The third-order valence-corrected chi connectivity index (χ3v) is 3.52. The minimum absolute atomic E-state index is 0.120. The Morgan fingerprint density at radius 2 is 1.67 bits per heavy atom. The van der Waals surface area contributed by atoms with Gasteiger partial charge in [0.25, 0.3) is 0 Å². The molecule has 2 aromatic carbocycles. The Morgan fingerprint density at radius 1 is 1.05 bits per heavy atom. The smallest absolute Gasteiger partial charge is 0.126 e. The van der Waals surface area contributed by atoms with Crippen molar-refractivity contribution in [2.75, 3.05) is 18.0 Å². The summed E-state index contributed by atoms with van der Waals surface area (Å²) < 4.78 is 31.5. The minimum atomic E-state index is -4.48. The molecular weight excluding hydrogens is 290 g/mol. The van der Waals surface area contributed by atoms with Crippen molar-refractivity contribution in [3.63, 3.8) is 0 Å². The van der Waals surface area contributed by atoms with Crippen LogP contribution in [0.4, 0.5) is 11.4 Å². The molecule has 0 fully saturated rings. The van der Waals surface area contributed by atoms with E-state index in [0.29, 0.717) is 5.69 Å². The van der Waals surface area contributed by atoms with Gasteiger partial charge in [-0.2, -0.15) is 0 Å². The van der Waals surface area contributed by atoms with Gasteiger partial charge in [0, 0.05) is 12.1 Å². The van der Waals surface area contributed by atoms with Crippen molar-refractivity contribution in [3.05, 3.63) is 54.1 Å². The Kier molecular flexibility index (Phi) is 6.16. The number of nitrogens with two attached hydrogens (primary N) is 2. The van der Waals surface area contributed by atoms with Crippen LogP contribution in [0.3, 0.4) is 0 Å². The molecule has 7 heteroatoms. The van der Waals surface area contributed by atoms with E-state index in [-0.39, 0.29) is 5.69 Å². The standard InChI is InChI=1S/C8H11N.C6H8N2O3S/c9-7-6-8-4-2-1-3-5-8;7-4-1-2-6(5(8)3-4)12(9,10)11/h1-5H,6-7,9H2;1-3H,7-8H2,(H,9,10,11). The second-order valence-electron chi connectivity index (χ2n) is 4.34. The first-order valence-corrected chi connectivity index (χ1v) is 7.69. The lowest BCUT2D eigenvalue weighted by atomic mass is 10.2. The molecule has 0 radical (unpaired) electrons. The van der Waals surface area contributed by atoms with Crippen LogP contribution in [0.25, 0.3) is 0 Å². The summed E-state index contributed by atoms with van der Waals surface area (Å²) in [4.78, 5) is -0.434. The zero-order chi connectivity index (χ0) is 15.9. The second kappa shape index (κ2) is 7.63. The fourth-order valence-corrected chi connectivity index (χ4v) is 2.23. The molecule has 0 aliphatic heterocycles. The van der Waals surface area contributed by atoms with Crippen molar-refractivity contribution in [3.8, 4) is 0 Å². The second-order valence-corrected chi connectivity index (χ2v) is 5.69. The molecule has 6 nitrogen and oxygen atoms in total. The Morgan fingerprint density at radius 3 is 2.14 bits per heavy atom. The lowest BCUT2D eigenvalue weighted by Gasteiger charge is -2.09. The summed E-state index contributed by atoms with van der Waals surface area (Å²) in [5.74, 6) is 0. The van der Waals surface area contributed by atoms with Gasteiger partial charge in [0.15, 0.2) is 0 Å². The molecule has 2 aromatic rings. The maximum Gasteiger partial charge on any atom is 0.126 e. The molecule has 0 atom stereocenters. The van der Waals surface area contributed by atoms with Gasteiger partial charge in [0.2, 0.25) is 0 Å². The lowest BCUT2D eigenvalue weighted by molar-refractivity contribution is -0.366. The highest BCUT2D eigenvalue weighted by molar-refractivity contribution is 7.86. The van der Waals surface area contributed by atoms with E-state index in [1.54, 1.807) is 0 Å². The van der Waals surface area contributed by atoms with E-state index in [2.05, 4.69) is 30.0 Å². The topological polar surface area (TPSA) is 137 Å². The normalized spacial score (nSPS) is 10.6. The highest BCUT2D eigenvalue weighted by atomic mass is 32.2. The van der Waals surface area contributed by atoms with E-state index in [0.717, 1.165) is 19.0 Å². The summed E-state index contributed by atoms with van der Waals surface area (Å²) in [5.41, 5.74) is 15.9. The summed E-state index contributed by atoms with van der Waals surface area (Å²) in [7, 11) is -4.48. The number of anilines is 2. The molecule has 0 heterocycles. The summed E-state index contributed by atoms with van der Waals surface area (Å²) in [5, 5.41) is 0. The van der Waals surface area contributed by atoms with Crippen LogP contribution in [0.1, 0.15) is 5.56 Å². The van der Waals surface area contributed by atoms with Gasteiger partial charge in [-0.25, -0.2) is 8.42 Å². The molecule has 7 N–H and O–H groups in total. The van der Waals surface area contributed by atoms with Gasteiger partial charge in [-0.15, -0.1) is 0 Å². The predicted octanol–water partition coefficient (Wildman–Crippen LogP) is 0.226. The Hall–Kier alpha value is -2.09. The van der Waals surface area contributed by atoms with Gasteiger partial charge in [0.05, 0.1) is 17.1 Å². The van der Waals surface area contributed by atoms with Gasteiger partial charge in [-0.05, 0) is 23.8 Å². The van der Waals surface area contributed by atoms with Crippen LogP contribution in [0.2, 0.25) is 0 Å². The first kappa shape index (κ1) is 17.0. The molecule has 2 rings (SSSR count). The zero-order valence-electron chi connectivity index (χ0n) is 11.5. The molecule has 21 heavy (non-hydrogen) atoms. The first-order chi connectivity index (χ1) is 9.84. The van der Waals surface area contributed by atoms with E-state index >= 15 is 0 Å². The molecule has 114 valence electrons. The highest BCUT2D eigenvalue weighted by Crippen LogP contribution is 2.19. The Labute approximate surface area is 124 Å². The fourth-order valence-electron chi connectivity index (χ4n) is 1.64. The average Bonchev–Trinajstić information content (AvgIpc) is 2.39. The van der Waals surface area contributed by atoms with E-state index in [9.17, 15) is 13.0 Å². The molecule has 0 bridgehead atoms. The number of hydrogen-bond acceptors (Lipinski definition) is 5. The van der Waals surface area contributed by atoms with Gasteiger partial charge >= 0.3 is 0 Å². The highest BCUT2D eigenvalue weighted by Gasteiger charge is 2.05. The minimum Gasteiger partial charge on any atom is -0.744 e. The number of quaternary nitrogens is 1. The van der Waals surface area contributed by atoms with E-state index < -0.39 is 15.0 Å². The molecule has 0 aromatic heterocycles. The quantitative estimate of drug-likeness (QED) is 0.550. The average molecular weight is 309 g/mol. The first-order valence-electron chi connectivity index (χ1n) is 6.28. The summed E-state index contributed by atoms with van der Waals surface area (Å²) in [6.07, 6.45) is 1.10. The van der Waals surface area contributed by atoms with E-state index in [1.807, 2.05) is 6.07 Å². The van der Waals surface area contributed by atoms with Crippen molar-refractivity contribution in [1.29, 1.82) is 0 Å². The molecule has 0 saturated carbocycles. The predicted molar refractivity (Wildman–Crippen MR) is 81.1 cm³/mol. The van der Waals surface area contributed by atoms with Crippen LogP contribution in [0.5, 0.6) is 0 Å². The van der Waals surface area contributed by atoms with Gasteiger partial charge in [0.1, 0.15) is 10.1 Å². The summed E-state index contributed by atoms with van der Waals surface area (Å²) >= 11 is 0. The monoisotopic (exact) mass is 309 g/mol. The molecule has 0 aliphatic rings. The third kappa shape index (κ3) is 5.82. The number of hydrogen-bond donors (Lipinski definition) is 3. The fraction of sp³-hybridized carbons (Fsp3) is 0.143. The molecule has 0 spiro atoms. The lowest BCUT2D eigenvalue weighted by Crippen LogP contribution is -2.51. The SMILES string of the molecule is Nc1ccc(S(=O)(=O)[O-])c(N)c1.[NH3+]CCc1ccccc1. The molecule has 0 unspecified atom stereocenters. The van der Waals surface area contributed by atoms with Crippen LogP contribution < -0.4 is 17.2 Å². The number of nitrogen functional groups attached to an aromatic ring is 2. The molecule has 0 saturated heterocycles. The van der Waals surface area contributed by atoms with Crippen molar-refractivity contribution in [2.24, 2.45) is 0 Å². The van der Waals surface area contributed by atoms with E-state index in [4.69, 9.17) is 11.5 Å². The van der Waals surface area contributed by atoms with Crippen molar-refractivity contribution in [2.45, 2.75) is 11.3 Å². The Balaban J connectivity index is 0.000000219. The van der Waals surface area contributed by atoms with Crippen LogP contribution in [-0.4, -0.2) is 19.5 Å². The van der Waals surface area contributed by atoms with Crippen LogP contribution >= 0.6 is 0 Å². The summed E-state index contributed by atoms with van der Waals surface area (Å²) in [6, 6.07) is 14.0. The van der Waals surface area contributed by atoms with Gasteiger partial charge in [-0.3, -0.25) is 0 Å². The Bertz CT molecular complexity index is 673. The van der Waals surface area contributed by atoms with Crippen molar-refractivity contribution < 1.29 is 18.7 Å². The van der Waals surface area contributed by atoms with Gasteiger partial charge < -0.3 is 21.8 Å². The zero-order valence-corrected chi connectivity index (χ0v) is 12.3. The van der Waals surface area contributed by atoms with Crippen LogP contribution in [0, 0.1) is 0 Å². The summed E-state index contributed by atoms with van der Waals surface area (Å²) in [6.45, 7) is 0.990. The van der Waals surface area contributed by atoms with Crippen molar-refractivity contribution in [1.82, 2.24) is 0 Å². The maximum atomic E-state index is 10.5. The molecule has 0 amide bonds. The van der Waals surface area contributed by atoms with Crippen molar-refractivity contribution >= 4 is 21.5 Å². The number of benzene rings is 2. The number of rotatable bonds is 3.